The summed E-state index contributed by atoms with van der Waals surface area (Å²) in [5, 5.41) is 9.86. The normalized spacial score (nSPS) is 16.4. The number of amides is 3. The van der Waals surface area contributed by atoms with Crippen LogP contribution in [0.25, 0.3) is 0 Å². The van der Waals surface area contributed by atoms with Gasteiger partial charge >= 0.3 is 6.03 Å². The first-order valence-electron chi connectivity index (χ1n) is 11.3. The number of carbonyl (C=O) groups excluding carboxylic acids is 2. The minimum Gasteiger partial charge on any atom is -0.339 e. The van der Waals surface area contributed by atoms with Crippen LogP contribution in [0.4, 0.5) is 10.5 Å². The van der Waals surface area contributed by atoms with Crippen molar-refractivity contribution in [3.63, 3.8) is 0 Å². The number of aromatic nitrogens is 2. The first kappa shape index (κ1) is 22.5. The van der Waals surface area contributed by atoms with Crippen LogP contribution in [0.3, 0.4) is 0 Å². The van der Waals surface area contributed by atoms with Gasteiger partial charge in [-0.25, -0.2) is 4.79 Å². The van der Waals surface area contributed by atoms with Crippen molar-refractivity contribution in [2.24, 2.45) is 0 Å². The maximum Gasteiger partial charge on any atom is 0.318 e. The summed E-state index contributed by atoms with van der Waals surface area (Å²) in [7, 11) is 0. The molecule has 3 aromatic rings. The second-order valence-corrected chi connectivity index (χ2v) is 8.47. The number of hydrogen-bond acceptors (Lipinski definition) is 5. The number of urea groups is 1. The number of anilines is 1. The van der Waals surface area contributed by atoms with E-state index in [2.05, 4.69) is 20.8 Å². The topological polar surface area (TPSA) is 100 Å². The van der Waals surface area contributed by atoms with Gasteiger partial charge in [0.15, 0.2) is 5.82 Å². The summed E-state index contributed by atoms with van der Waals surface area (Å²) in [5.74, 6) is 0.568. The molecule has 2 N–H and O–H groups in total. The van der Waals surface area contributed by atoms with Gasteiger partial charge in [0.1, 0.15) is 0 Å². The fourth-order valence-electron chi connectivity index (χ4n) is 4.04. The molecular weight excluding hydrogens is 418 g/mol. The number of aryl methyl sites for hydroxylation is 1. The Morgan fingerprint density at radius 1 is 1.15 bits per heavy atom. The smallest absolute Gasteiger partial charge is 0.318 e. The Hall–Kier alpha value is -3.68. The van der Waals surface area contributed by atoms with E-state index in [4.69, 9.17) is 4.52 Å². The number of likely N-dealkylation sites (tertiary alicyclic amines) is 1. The molecule has 2 aromatic carbocycles. The molecule has 1 aliphatic rings. The van der Waals surface area contributed by atoms with E-state index in [1.54, 1.807) is 0 Å². The van der Waals surface area contributed by atoms with E-state index < -0.39 is 0 Å². The zero-order valence-electron chi connectivity index (χ0n) is 19.0. The molecule has 3 amide bonds. The summed E-state index contributed by atoms with van der Waals surface area (Å²) in [6, 6.07) is 17.3. The van der Waals surface area contributed by atoms with E-state index in [-0.39, 0.29) is 30.4 Å². The molecule has 0 saturated carbocycles. The SMILES string of the molecule is Cc1ccc(NC(=O)Cc2noc(CC3CCCN3C(=O)N[C@@H](C)c3ccccc3)n2)cc1. The molecule has 1 aromatic heterocycles. The van der Waals surface area contributed by atoms with Gasteiger partial charge in [-0.15, -0.1) is 0 Å². The van der Waals surface area contributed by atoms with Crippen LogP contribution in [-0.2, 0) is 17.6 Å². The zero-order chi connectivity index (χ0) is 23.2. The highest BCUT2D eigenvalue weighted by atomic mass is 16.5. The van der Waals surface area contributed by atoms with Crippen LogP contribution in [0.1, 0.15) is 48.6 Å². The third-order valence-electron chi connectivity index (χ3n) is 5.85. The average Bonchev–Trinajstić information content (AvgIpc) is 3.45. The van der Waals surface area contributed by atoms with E-state index in [1.807, 2.05) is 73.3 Å². The average molecular weight is 448 g/mol. The molecule has 1 saturated heterocycles. The van der Waals surface area contributed by atoms with Crippen molar-refractivity contribution >= 4 is 17.6 Å². The lowest BCUT2D eigenvalue weighted by Crippen LogP contribution is -2.44. The minimum atomic E-state index is -0.206. The summed E-state index contributed by atoms with van der Waals surface area (Å²) in [6.07, 6.45) is 2.30. The number of nitrogens with zero attached hydrogens (tertiary/aromatic N) is 3. The van der Waals surface area contributed by atoms with Gasteiger partial charge in [-0.2, -0.15) is 4.98 Å². The van der Waals surface area contributed by atoms with Crippen LogP contribution >= 0.6 is 0 Å². The Bertz CT molecular complexity index is 1080. The van der Waals surface area contributed by atoms with E-state index in [0.717, 1.165) is 29.7 Å². The van der Waals surface area contributed by atoms with Gasteiger partial charge in [0.2, 0.25) is 11.8 Å². The highest BCUT2D eigenvalue weighted by molar-refractivity contribution is 5.91. The number of rotatable bonds is 7. The maximum atomic E-state index is 12.9. The maximum absolute atomic E-state index is 12.9. The van der Waals surface area contributed by atoms with E-state index >= 15 is 0 Å². The predicted octanol–water partition coefficient (Wildman–Crippen LogP) is 4.04. The van der Waals surface area contributed by atoms with E-state index in [9.17, 15) is 9.59 Å². The fraction of sp³-hybridized carbons (Fsp3) is 0.360. The molecule has 4 rings (SSSR count). The van der Waals surface area contributed by atoms with E-state index in [1.165, 1.54) is 0 Å². The van der Waals surface area contributed by atoms with Crippen molar-refractivity contribution in [3.8, 4) is 0 Å². The predicted molar refractivity (Wildman–Crippen MR) is 125 cm³/mol. The molecule has 0 aliphatic carbocycles. The molecule has 1 aliphatic heterocycles. The van der Waals surface area contributed by atoms with Crippen LogP contribution in [-0.4, -0.2) is 39.6 Å². The Morgan fingerprint density at radius 2 is 1.91 bits per heavy atom. The van der Waals surface area contributed by atoms with Gasteiger partial charge < -0.3 is 20.1 Å². The Labute approximate surface area is 193 Å². The van der Waals surface area contributed by atoms with Gasteiger partial charge in [-0.3, -0.25) is 4.79 Å². The minimum absolute atomic E-state index is 0.0114. The van der Waals surface area contributed by atoms with Crippen LogP contribution in [0, 0.1) is 6.92 Å². The van der Waals surface area contributed by atoms with Gasteiger partial charge in [0.05, 0.1) is 12.5 Å². The summed E-state index contributed by atoms with van der Waals surface area (Å²) >= 11 is 0. The lowest BCUT2D eigenvalue weighted by Gasteiger charge is -2.26. The lowest BCUT2D eigenvalue weighted by atomic mass is 10.1. The van der Waals surface area contributed by atoms with Crippen molar-refractivity contribution in [1.29, 1.82) is 0 Å². The number of benzene rings is 2. The van der Waals surface area contributed by atoms with Gasteiger partial charge in [-0.1, -0.05) is 53.2 Å². The Balaban J connectivity index is 1.30. The summed E-state index contributed by atoms with van der Waals surface area (Å²) in [4.78, 5) is 31.4. The first-order chi connectivity index (χ1) is 16.0. The third-order valence-corrected chi connectivity index (χ3v) is 5.85. The number of hydrogen-bond donors (Lipinski definition) is 2. The summed E-state index contributed by atoms with van der Waals surface area (Å²) in [5.41, 5.74) is 2.92. The van der Waals surface area contributed by atoms with Crippen LogP contribution in [0.15, 0.2) is 59.1 Å². The van der Waals surface area contributed by atoms with Crippen LogP contribution in [0.2, 0.25) is 0 Å². The quantitative estimate of drug-likeness (QED) is 0.569. The van der Waals surface area contributed by atoms with Crippen LogP contribution < -0.4 is 10.6 Å². The summed E-state index contributed by atoms with van der Waals surface area (Å²) in [6.45, 7) is 4.66. The molecule has 33 heavy (non-hydrogen) atoms. The third kappa shape index (κ3) is 5.97. The summed E-state index contributed by atoms with van der Waals surface area (Å²) < 4.78 is 5.37. The lowest BCUT2D eigenvalue weighted by molar-refractivity contribution is -0.115. The van der Waals surface area contributed by atoms with Crippen molar-refractivity contribution in [1.82, 2.24) is 20.4 Å². The van der Waals surface area contributed by atoms with Gasteiger partial charge in [-0.05, 0) is 44.4 Å². The molecule has 2 heterocycles. The van der Waals surface area contributed by atoms with Crippen molar-refractivity contribution in [3.05, 3.63) is 77.4 Å². The zero-order valence-corrected chi connectivity index (χ0v) is 19.0. The number of nitrogens with one attached hydrogen (secondary N) is 2. The van der Waals surface area contributed by atoms with Crippen molar-refractivity contribution in [2.45, 2.75) is 51.6 Å². The molecule has 8 heteroatoms. The van der Waals surface area contributed by atoms with Gasteiger partial charge in [0.25, 0.3) is 0 Å². The molecule has 2 atom stereocenters. The highest BCUT2D eigenvalue weighted by Gasteiger charge is 2.31. The molecule has 0 spiro atoms. The monoisotopic (exact) mass is 447 g/mol. The van der Waals surface area contributed by atoms with E-state index in [0.29, 0.717) is 24.7 Å². The number of carbonyl (C=O) groups is 2. The van der Waals surface area contributed by atoms with Crippen molar-refractivity contribution in [2.75, 3.05) is 11.9 Å². The molecule has 172 valence electrons. The Morgan fingerprint density at radius 3 is 2.67 bits per heavy atom. The second kappa shape index (κ2) is 10.3. The fourth-order valence-corrected chi connectivity index (χ4v) is 4.04. The molecule has 0 radical (unpaired) electrons. The van der Waals surface area contributed by atoms with Crippen molar-refractivity contribution < 1.29 is 14.1 Å². The van der Waals surface area contributed by atoms with Gasteiger partial charge in [0, 0.05) is 24.7 Å². The largest absolute Gasteiger partial charge is 0.339 e. The standard InChI is InChI=1S/C25H29N5O3/c1-17-10-12-20(13-11-17)27-23(31)16-22-28-24(33-29-22)15-21-9-6-14-30(21)25(32)26-18(2)19-7-4-3-5-8-19/h3-5,7-8,10-13,18,21H,6,9,14-16H2,1-2H3,(H,26,32)(H,27,31)/t18-,21?/m0/s1. The molecular formula is C25H29N5O3. The molecule has 8 nitrogen and oxygen atoms in total. The molecule has 1 unspecified atom stereocenters. The Kier molecular flexibility index (Phi) is 7.02. The molecule has 1 fully saturated rings. The first-order valence-corrected chi connectivity index (χ1v) is 11.3. The van der Waals surface area contributed by atoms with Crippen LogP contribution in [0.5, 0.6) is 0 Å². The highest BCUT2D eigenvalue weighted by Crippen LogP contribution is 2.22. The second-order valence-electron chi connectivity index (χ2n) is 8.47. The molecule has 0 bridgehead atoms.